The second-order valence-corrected chi connectivity index (χ2v) is 3.92. The summed E-state index contributed by atoms with van der Waals surface area (Å²) in [7, 11) is 0. The van der Waals surface area contributed by atoms with Crippen LogP contribution in [0.5, 0.6) is 0 Å². The molecule has 0 aliphatic carbocycles. The van der Waals surface area contributed by atoms with Crippen molar-refractivity contribution < 1.29 is 9.90 Å². The fourth-order valence-corrected chi connectivity index (χ4v) is 1.78. The van der Waals surface area contributed by atoms with E-state index in [0.717, 1.165) is 19.3 Å². The number of nitrogens with two attached hydrogens (primary N) is 1. The van der Waals surface area contributed by atoms with Gasteiger partial charge in [-0.15, -0.1) is 0 Å². The summed E-state index contributed by atoms with van der Waals surface area (Å²) in [6.45, 7) is 0.179. The van der Waals surface area contributed by atoms with Crippen LogP contribution in [0, 0.1) is 0 Å². The van der Waals surface area contributed by atoms with E-state index >= 15 is 0 Å². The van der Waals surface area contributed by atoms with Gasteiger partial charge in [0.25, 0.3) is 0 Å². The lowest BCUT2D eigenvalue weighted by Gasteiger charge is -2.07. The van der Waals surface area contributed by atoms with Gasteiger partial charge in [-0.3, -0.25) is 4.79 Å². The van der Waals surface area contributed by atoms with Crippen molar-refractivity contribution in [1.82, 2.24) is 0 Å². The van der Waals surface area contributed by atoms with Crippen molar-refractivity contribution in [1.29, 1.82) is 0 Å². The van der Waals surface area contributed by atoms with Crippen LogP contribution in [0.2, 0.25) is 0 Å². The summed E-state index contributed by atoms with van der Waals surface area (Å²) in [6.07, 6.45) is 3.91. The van der Waals surface area contributed by atoms with Crippen molar-refractivity contribution in [3.63, 3.8) is 0 Å². The lowest BCUT2D eigenvalue weighted by molar-refractivity contribution is -0.118. The van der Waals surface area contributed by atoms with Gasteiger partial charge in [0.05, 0.1) is 0 Å². The molecule has 1 amide bonds. The number of rotatable bonds is 7. The highest BCUT2D eigenvalue weighted by atomic mass is 16.2. The first-order valence-corrected chi connectivity index (χ1v) is 5.70. The first-order valence-electron chi connectivity index (χ1n) is 5.70. The molecule has 3 heteroatoms. The predicted octanol–water partition coefficient (Wildman–Crippen LogP) is 1.42. The Balaban J connectivity index is 2.43. The van der Waals surface area contributed by atoms with Crippen LogP contribution in [0.25, 0.3) is 0 Å². The number of aliphatic hydroxyl groups is 1. The number of benzene rings is 1. The van der Waals surface area contributed by atoms with E-state index in [2.05, 4.69) is 6.07 Å². The van der Waals surface area contributed by atoms with E-state index in [4.69, 9.17) is 10.8 Å². The van der Waals surface area contributed by atoms with E-state index in [9.17, 15) is 4.79 Å². The number of hydrogen-bond acceptors (Lipinski definition) is 2. The van der Waals surface area contributed by atoms with Gasteiger partial charge in [-0.25, -0.2) is 0 Å². The maximum Gasteiger partial charge on any atom is 0.217 e. The minimum Gasteiger partial charge on any atom is -0.396 e. The van der Waals surface area contributed by atoms with Crippen LogP contribution in [0.4, 0.5) is 0 Å². The van der Waals surface area contributed by atoms with Gasteiger partial charge in [0.15, 0.2) is 0 Å². The topological polar surface area (TPSA) is 63.3 Å². The fourth-order valence-electron chi connectivity index (χ4n) is 1.78. The maximum absolute atomic E-state index is 10.6. The molecule has 0 aliphatic rings. The van der Waals surface area contributed by atoms with Gasteiger partial charge in [0, 0.05) is 13.0 Å². The first kappa shape index (κ1) is 12.7. The fraction of sp³-hybridized carbons (Fsp3) is 0.462. The number of carbonyl (C=O) groups is 1. The average molecular weight is 221 g/mol. The van der Waals surface area contributed by atoms with Crippen molar-refractivity contribution in [2.45, 2.75) is 32.1 Å². The normalized spacial score (nSPS) is 10.3. The third-order valence-corrected chi connectivity index (χ3v) is 2.62. The van der Waals surface area contributed by atoms with Crippen LogP contribution in [-0.4, -0.2) is 17.6 Å². The van der Waals surface area contributed by atoms with Crippen LogP contribution >= 0.6 is 0 Å². The molecule has 0 aliphatic heterocycles. The molecule has 0 saturated carbocycles. The highest BCUT2D eigenvalue weighted by Crippen LogP contribution is 2.13. The third kappa shape index (κ3) is 4.45. The molecule has 0 saturated heterocycles. The van der Waals surface area contributed by atoms with Crippen molar-refractivity contribution in [3.05, 3.63) is 35.4 Å². The number of hydrogen-bond donors (Lipinski definition) is 2. The number of primary amides is 1. The van der Waals surface area contributed by atoms with E-state index < -0.39 is 0 Å². The SMILES string of the molecule is NC(=O)CCCCc1ccccc1CCO. The highest BCUT2D eigenvalue weighted by Gasteiger charge is 2.01. The molecule has 3 N–H and O–H groups in total. The zero-order valence-corrected chi connectivity index (χ0v) is 9.48. The van der Waals surface area contributed by atoms with Gasteiger partial charge in [-0.1, -0.05) is 24.3 Å². The van der Waals surface area contributed by atoms with Crippen LogP contribution in [0.3, 0.4) is 0 Å². The summed E-state index contributed by atoms with van der Waals surface area (Å²) in [6, 6.07) is 8.11. The van der Waals surface area contributed by atoms with Crippen LogP contribution in [0.15, 0.2) is 24.3 Å². The zero-order chi connectivity index (χ0) is 11.8. The highest BCUT2D eigenvalue weighted by molar-refractivity contribution is 5.73. The number of amides is 1. The lowest BCUT2D eigenvalue weighted by atomic mass is 9.99. The third-order valence-electron chi connectivity index (χ3n) is 2.62. The molecular weight excluding hydrogens is 202 g/mol. The van der Waals surface area contributed by atoms with E-state index in [1.54, 1.807) is 0 Å². The Labute approximate surface area is 96.3 Å². The number of carbonyl (C=O) groups excluding carboxylic acids is 1. The molecule has 0 radical (unpaired) electrons. The largest absolute Gasteiger partial charge is 0.396 e. The summed E-state index contributed by atoms with van der Waals surface area (Å²) in [5, 5.41) is 8.93. The number of aliphatic hydroxyl groups excluding tert-OH is 1. The summed E-state index contributed by atoms with van der Waals surface area (Å²) < 4.78 is 0. The Bertz CT molecular complexity index is 336. The molecule has 0 atom stereocenters. The minimum atomic E-state index is -0.233. The van der Waals surface area contributed by atoms with E-state index in [-0.39, 0.29) is 12.5 Å². The Hall–Kier alpha value is -1.35. The molecule has 16 heavy (non-hydrogen) atoms. The Morgan fingerprint density at radius 1 is 1.12 bits per heavy atom. The van der Waals surface area contributed by atoms with Crippen molar-refractivity contribution in [2.75, 3.05) is 6.61 Å². The van der Waals surface area contributed by atoms with Gasteiger partial charge in [0.1, 0.15) is 0 Å². The molecule has 1 aromatic rings. The predicted molar refractivity (Wildman–Crippen MR) is 64.0 cm³/mol. The molecule has 0 spiro atoms. The minimum absolute atomic E-state index is 0.179. The maximum atomic E-state index is 10.6. The van der Waals surface area contributed by atoms with E-state index in [1.807, 2.05) is 18.2 Å². The smallest absolute Gasteiger partial charge is 0.217 e. The molecular formula is C13H19NO2. The van der Waals surface area contributed by atoms with Crippen LogP contribution in [-0.2, 0) is 17.6 Å². The molecule has 0 aromatic heterocycles. The van der Waals surface area contributed by atoms with Gasteiger partial charge in [-0.2, -0.15) is 0 Å². The standard InChI is InChI=1S/C13H19NO2/c14-13(16)8-4-3-6-11-5-1-2-7-12(11)9-10-15/h1-2,5,7,15H,3-4,6,8-10H2,(H2,14,16). The number of aryl methyl sites for hydroxylation is 1. The monoisotopic (exact) mass is 221 g/mol. The van der Waals surface area contributed by atoms with E-state index in [1.165, 1.54) is 11.1 Å². The Morgan fingerprint density at radius 2 is 1.75 bits per heavy atom. The Morgan fingerprint density at radius 3 is 2.31 bits per heavy atom. The van der Waals surface area contributed by atoms with Crippen molar-refractivity contribution in [2.24, 2.45) is 5.73 Å². The first-order chi connectivity index (χ1) is 7.74. The summed E-state index contributed by atoms with van der Waals surface area (Å²) >= 11 is 0. The second-order valence-electron chi connectivity index (χ2n) is 3.92. The molecule has 0 heterocycles. The Kier molecular flexibility index (Phi) is 5.57. The van der Waals surface area contributed by atoms with E-state index in [0.29, 0.717) is 12.8 Å². The quantitative estimate of drug-likeness (QED) is 0.684. The van der Waals surface area contributed by atoms with Gasteiger partial charge >= 0.3 is 0 Å². The number of unbranched alkanes of at least 4 members (excludes halogenated alkanes) is 1. The molecule has 1 rings (SSSR count). The van der Waals surface area contributed by atoms with Crippen LogP contribution < -0.4 is 5.73 Å². The second kappa shape index (κ2) is 7.01. The van der Waals surface area contributed by atoms with Gasteiger partial charge in [-0.05, 0) is 36.8 Å². The molecule has 0 unspecified atom stereocenters. The molecule has 0 fully saturated rings. The molecule has 0 bridgehead atoms. The molecule has 88 valence electrons. The average Bonchev–Trinajstić information content (AvgIpc) is 2.26. The lowest BCUT2D eigenvalue weighted by Crippen LogP contribution is -2.09. The molecule has 3 nitrogen and oxygen atoms in total. The van der Waals surface area contributed by atoms with Crippen molar-refractivity contribution >= 4 is 5.91 Å². The zero-order valence-electron chi connectivity index (χ0n) is 9.48. The molecule has 1 aromatic carbocycles. The van der Waals surface area contributed by atoms with Crippen LogP contribution in [0.1, 0.15) is 30.4 Å². The van der Waals surface area contributed by atoms with Gasteiger partial charge in [0.2, 0.25) is 5.91 Å². The van der Waals surface area contributed by atoms with Gasteiger partial charge < -0.3 is 10.8 Å². The summed E-state index contributed by atoms with van der Waals surface area (Å²) in [4.78, 5) is 10.6. The summed E-state index contributed by atoms with van der Waals surface area (Å²) in [5.41, 5.74) is 7.54. The van der Waals surface area contributed by atoms with Crippen molar-refractivity contribution in [3.8, 4) is 0 Å². The summed E-state index contributed by atoms with van der Waals surface area (Å²) in [5.74, 6) is -0.233.